The normalized spacial score (nSPS) is 22.2. The van der Waals surface area contributed by atoms with E-state index in [0.29, 0.717) is 0 Å². The molecule has 1 aromatic rings. The van der Waals surface area contributed by atoms with Crippen molar-refractivity contribution in [2.24, 2.45) is 0 Å². The van der Waals surface area contributed by atoms with Crippen LogP contribution < -0.4 is 5.32 Å². The standard InChI is InChI=1S/C19H29N3O/c1-15-8-7-11-20-17(15)14-16(2)21-18(23)19(9-3-4-10-19)22-12-5-6-13-22/h7-8,11,16H,3-6,9-10,12-14H2,1-2H3,(H,21,23). The lowest BCUT2D eigenvalue weighted by Gasteiger charge is -2.38. The molecule has 1 aliphatic heterocycles. The molecule has 0 bridgehead atoms. The molecule has 1 aromatic heterocycles. The molecule has 23 heavy (non-hydrogen) atoms. The van der Waals surface area contributed by atoms with Crippen molar-refractivity contribution in [2.75, 3.05) is 13.1 Å². The van der Waals surface area contributed by atoms with Gasteiger partial charge in [-0.2, -0.15) is 0 Å². The summed E-state index contributed by atoms with van der Waals surface area (Å²) in [4.78, 5) is 20.0. The van der Waals surface area contributed by atoms with Gasteiger partial charge in [0.15, 0.2) is 0 Å². The van der Waals surface area contributed by atoms with Crippen molar-refractivity contribution >= 4 is 5.91 Å². The van der Waals surface area contributed by atoms with Crippen LogP contribution in [0.3, 0.4) is 0 Å². The Bertz CT molecular complexity index is 545. The van der Waals surface area contributed by atoms with E-state index >= 15 is 0 Å². The van der Waals surface area contributed by atoms with E-state index in [4.69, 9.17) is 0 Å². The molecule has 4 heteroatoms. The summed E-state index contributed by atoms with van der Waals surface area (Å²) in [7, 11) is 0. The van der Waals surface area contributed by atoms with Gasteiger partial charge in [-0.25, -0.2) is 0 Å². The maximum atomic E-state index is 13.1. The van der Waals surface area contributed by atoms with Gasteiger partial charge in [0.25, 0.3) is 0 Å². The Morgan fingerprint density at radius 1 is 1.30 bits per heavy atom. The molecule has 1 unspecified atom stereocenters. The molecule has 1 atom stereocenters. The molecule has 0 aromatic carbocycles. The van der Waals surface area contributed by atoms with E-state index in [2.05, 4.69) is 35.1 Å². The minimum Gasteiger partial charge on any atom is -0.352 e. The Balaban J connectivity index is 1.66. The Hall–Kier alpha value is -1.42. The van der Waals surface area contributed by atoms with E-state index in [9.17, 15) is 4.79 Å². The predicted molar refractivity (Wildman–Crippen MR) is 92.3 cm³/mol. The number of aryl methyl sites for hydroxylation is 1. The topological polar surface area (TPSA) is 45.2 Å². The van der Waals surface area contributed by atoms with Crippen molar-refractivity contribution in [2.45, 2.75) is 70.4 Å². The van der Waals surface area contributed by atoms with E-state index < -0.39 is 0 Å². The highest BCUT2D eigenvalue weighted by Crippen LogP contribution is 2.37. The number of nitrogens with zero attached hydrogens (tertiary/aromatic N) is 2. The largest absolute Gasteiger partial charge is 0.352 e. The number of rotatable bonds is 5. The first-order valence-electron chi connectivity index (χ1n) is 9.08. The van der Waals surface area contributed by atoms with Gasteiger partial charge in [-0.3, -0.25) is 14.7 Å². The summed E-state index contributed by atoms with van der Waals surface area (Å²) >= 11 is 0. The number of hydrogen-bond acceptors (Lipinski definition) is 3. The SMILES string of the molecule is Cc1cccnc1CC(C)NC(=O)C1(N2CCCC2)CCCC1. The molecule has 2 aliphatic rings. The van der Waals surface area contributed by atoms with Crippen molar-refractivity contribution in [1.82, 2.24) is 15.2 Å². The summed E-state index contributed by atoms with van der Waals surface area (Å²) in [5, 5.41) is 3.29. The zero-order valence-corrected chi connectivity index (χ0v) is 14.5. The predicted octanol–water partition coefficient (Wildman–Crippen LogP) is 2.85. The number of pyridine rings is 1. The summed E-state index contributed by atoms with van der Waals surface area (Å²) in [6.07, 6.45) is 9.50. The van der Waals surface area contributed by atoms with Crippen LogP contribution in [0.15, 0.2) is 18.3 Å². The summed E-state index contributed by atoms with van der Waals surface area (Å²) in [6, 6.07) is 4.17. The summed E-state index contributed by atoms with van der Waals surface area (Å²) in [5.74, 6) is 0.248. The number of amides is 1. The first-order valence-corrected chi connectivity index (χ1v) is 9.08. The van der Waals surface area contributed by atoms with Crippen LogP contribution in [-0.4, -0.2) is 40.5 Å². The van der Waals surface area contributed by atoms with Crippen molar-refractivity contribution < 1.29 is 4.79 Å². The maximum Gasteiger partial charge on any atom is 0.240 e. The molecule has 1 N–H and O–H groups in total. The first-order chi connectivity index (χ1) is 11.1. The molecule has 3 rings (SSSR count). The Morgan fingerprint density at radius 3 is 2.65 bits per heavy atom. The Labute approximate surface area is 139 Å². The molecule has 4 nitrogen and oxygen atoms in total. The van der Waals surface area contributed by atoms with Crippen LogP contribution in [-0.2, 0) is 11.2 Å². The highest BCUT2D eigenvalue weighted by molar-refractivity contribution is 5.87. The van der Waals surface area contributed by atoms with Crippen LogP contribution in [0.4, 0.5) is 0 Å². The smallest absolute Gasteiger partial charge is 0.240 e. The Kier molecular flexibility index (Phi) is 5.00. The number of nitrogens with one attached hydrogen (secondary N) is 1. The van der Waals surface area contributed by atoms with Gasteiger partial charge in [-0.05, 0) is 64.3 Å². The number of carbonyl (C=O) groups is 1. The van der Waals surface area contributed by atoms with Gasteiger partial charge in [-0.1, -0.05) is 18.9 Å². The zero-order valence-electron chi connectivity index (χ0n) is 14.5. The summed E-state index contributed by atoms with van der Waals surface area (Å²) < 4.78 is 0. The van der Waals surface area contributed by atoms with E-state index in [-0.39, 0.29) is 17.5 Å². The van der Waals surface area contributed by atoms with E-state index in [0.717, 1.165) is 38.0 Å². The quantitative estimate of drug-likeness (QED) is 0.909. The second-order valence-electron chi connectivity index (χ2n) is 7.28. The fourth-order valence-corrected chi connectivity index (χ4v) is 4.22. The minimum absolute atomic E-state index is 0.121. The van der Waals surface area contributed by atoms with Gasteiger partial charge in [0.2, 0.25) is 5.91 Å². The highest BCUT2D eigenvalue weighted by atomic mass is 16.2. The molecule has 126 valence electrons. The number of likely N-dealkylation sites (tertiary alicyclic amines) is 1. The van der Waals surface area contributed by atoms with E-state index in [1.54, 1.807) is 0 Å². The van der Waals surface area contributed by atoms with Crippen molar-refractivity contribution in [1.29, 1.82) is 0 Å². The second kappa shape index (κ2) is 7.00. The van der Waals surface area contributed by atoms with Crippen LogP contribution in [0.25, 0.3) is 0 Å². The molecule has 1 amide bonds. The monoisotopic (exact) mass is 315 g/mol. The van der Waals surface area contributed by atoms with Crippen molar-refractivity contribution in [3.63, 3.8) is 0 Å². The van der Waals surface area contributed by atoms with Crippen LogP contribution in [0.1, 0.15) is 56.7 Å². The van der Waals surface area contributed by atoms with Crippen molar-refractivity contribution in [3.05, 3.63) is 29.6 Å². The van der Waals surface area contributed by atoms with Crippen LogP contribution in [0, 0.1) is 6.92 Å². The lowest BCUT2D eigenvalue weighted by Crippen LogP contribution is -2.58. The molecule has 2 heterocycles. The van der Waals surface area contributed by atoms with Gasteiger partial charge in [0, 0.05) is 24.4 Å². The third-order valence-electron chi connectivity index (χ3n) is 5.56. The fourth-order valence-electron chi connectivity index (χ4n) is 4.22. The lowest BCUT2D eigenvalue weighted by atomic mass is 9.93. The zero-order chi connectivity index (χ0) is 16.3. The molecule has 1 saturated carbocycles. The minimum atomic E-state index is -0.232. The molecular formula is C19H29N3O. The molecule has 2 fully saturated rings. The number of aromatic nitrogens is 1. The highest BCUT2D eigenvalue weighted by Gasteiger charge is 2.46. The van der Waals surface area contributed by atoms with Gasteiger partial charge in [0.05, 0.1) is 0 Å². The van der Waals surface area contributed by atoms with E-state index in [1.165, 1.54) is 31.2 Å². The van der Waals surface area contributed by atoms with Crippen LogP contribution in [0.2, 0.25) is 0 Å². The number of hydrogen-bond donors (Lipinski definition) is 1. The van der Waals surface area contributed by atoms with Crippen LogP contribution in [0.5, 0.6) is 0 Å². The molecule has 0 radical (unpaired) electrons. The second-order valence-corrected chi connectivity index (χ2v) is 7.28. The first kappa shape index (κ1) is 16.4. The average molecular weight is 315 g/mol. The molecule has 0 spiro atoms. The van der Waals surface area contributed by atoms with Crippen LogP contribution >= 0.6 is 0 Å². The molecule has 1 aliphatic carbocycles. The maximum absolute atomic E-state index is 13.1. The molecular weight excluding hydrogens is 286 g/mol. The van der Waals surface area contributed by atoms with Gasteiger partial charge >= 0.3 is 0 Å². The summed E-state index contributed by atoms with van der Waals surface area (Å²) in [5.41, 5.74) is 2.05. The van der Waals surface area contributed by atoms with Gasteiger partial charge in [0.1, 0.15) is 5.54 Å². The average Bonchev–Trinajstić information content (AvgIpc) is 3.21. The third kappa shape index (κ3) is 3.42. The lowest BCUT2D eigenvalue weighted by molar-refractivity contribution is -0.133. The fraction of sp³-hybridized carbons (Fsp3) is 0.684. The Morgan fingerprint density at radius 2 is 2.00 bits per heavy atom. The number of carbonyl (C=O) groups excluding carboxylic acids is 1. The van der Waals surface area contributed by atoms with Crippen molar-refractivity contribution in [3.8, 4) is 0 Å². The van der Waals surface area contributed by atoms with Gasteiger partial charge in [-0.15, -0.1) is 0 Å². The summed E-state index contributed by atoms with van der Waals surface area (Å²) in [6.45, 7) is 6.35. The molecule has 1 saturated heterocycles. The van der Waals surface area contributed by atoms with Gasteiger partial charge < -0.3 is 5.32 Å². The van der Waals surface area contributed by atoms with E-state index in [1.807, 2.05) is 12.3 Å². The third-order valence-corrected chi connectivity index (χ3v) is 5.56.